The fraction of sp³-hybridized carbons (Fsp3) is 0.364. The quantitative estimate of drug-likeness (QED) is 0.0895. The van der Waals surface area contributed by atoms with Crippen LogP contribution in [-0.2, 0) is 41.2 Å². The van der Waals surface area contributed by atoms with Gasteiger partial charge in [-0.05, 0) is 116 Å². The number of carboxylic acids is 1. The molecule has 320 valence electrons. The number of benzene rings is 3. The number of anilines is 1. The predicted octanol–water partition coefficient (Wildman–Crippen LogP) is 8.13. The van der Waals surface area contributed by atoms with E-state index in [-0.39, 0.29) is 28.3 Å². The van der Waals surface area contributed by atoms with E-state index in [2.05, 4.69) is 24.0 Å². The lowest BCUT2D eigenvalue weighted by Gasteiger charge is -2.27. The van der Waals surface area contributed by atoms with Crippen molar-refractivity contribution < 1.29 is 53.4 Å². The standard InChI is InChI=1S/C44H50N2O11S3/c1-6-7-24-45-37-20-18-33(59(52,53)54)27-35(37)43(2,3)39(45)22-16-29-10-8-11-30(41(29)31-12-14-32(15-13-31)42(47)48)17-23-40-44(4,5)36-28-34(60(55,56)57)19-21-38(36)46(40)25-9-26-58(49,50)51/h12-23,27-28H,6-11,24-26H2,1-5H3,(H3-,47,48,49,50,51,52,53,54,55,56,57)/p+1. The Hall–Kier alpha value is -4.71. The van der Waals surface area contributed by atoms with Gasteiger partial charge in [-0.25, -0.2) is 4.79 Å². The molecule has 4 N–H and O–H groups in total. The summed E-state index contributed by atoms with van der Waals surface area (Å²) in [5, 5.41) is 9.69. The first kappa shape index (κ1) is 44.8. The summed E-state index contributed by atoms with van der Waals surface area (Å²) in [6.45, 7) is 10.8. The molecule has 13 nitrogen and oxygen atoms in total. The number of hydrogen-bond donors (Lipinski definition) is 4. The van der Waals surface area contributed by atoms with Gasteiger partial charge in [0.15, 0.2) is 5.71 Å². The largest absolute Gasteiger partial charge is 0.478 e. The number of carboxylic acid groups (broad SMARTS) is 1. The highest BCUT2D eigenvalue weighted by Gasteiger charge is 2.45. The lowest BCUT2D eigenvalue weighted by Crippen LogP contribution is -2.28. The molecule has 0 amide bonds. The maximum Gasteiger partial charge on any atom is 0.335 e. The smallest absolute Gasteiger partial charge is 0.335 e. The molecule has 0 unspecified atom stereocenters. The molecule has 3 aliphatic rings. The molecule has 0 spiro atoms. The van der Waals surface area contributed by atoms with Crippen LogP contribution in [0.2, 0.25) is 0 Å². The molecule has 16 heteroatoms. The van der Waals surface area contributed by atoms with Gasteiger partial charge in [0, 0.05) is 47.5 Å². The van der Waals surface area contributed by atoms with Crippen LogP contribution in [0.25, 0.3) is 5.57 Å². The fourth-order valence-electron chi connectivity index (χ4n) is 8.60. The fourth-order valence-corrected chi connectivity index (χ4v) is 10.1. The van der Waals surface area contributed by atoms with Crippen LogP contribution in [0.4, 0.5) is 11.4 Å². The normalized spacial score (nSPS) is 19.2. The van der Waals surface area contributed by atoms with Crippen molar-refractivity contribution in [2.75, 3.05) is 23.7 Å². The SMILES string of the molecule is CCCCN1C(=CC=C2CCCC(C=CC3=[N+](CCCS(=O)(=O)O)c4ccc(S(=O)(=O)O)cc4C3(C)C)=C2c2ccc(C(=O)O)cc2)C(C)(C)c2cc(S(=O)(=O)O)ccc21. The molecule has 0 saturated carbocycles. The zero-order chi connectivity index (χ0) is 44.0. The molecule has 3 aromatic carbocycles. The topological polar surface area (TPSA) is 207 Å². The van der Waals surface area contributed by atoms with Crippen molar-refractivity contribution in [1.29, 1.82) is 0 Å². The highest BCUT2D eigenvalue weighted by molar-refractivity contribution is 7.86. The number of unbranched alkanes of at least 4 members (excludes halogenated alkanes) is 1. The number of nitrogens with zero attached hydrogens (tertiary/aromatic N) is 2. The molecule has 2 heterocycles. The number of fused-ring (bicyclic) bond motifs is 2. The number of aromatic carboxylic acids is 1. The van der Waals surface area contributed by atoms with Crippen LogP contribution in [0.1, 0.15) is 100 Å². The highest BCUT2D eigenvalue weighted by Crippen LogP contribution is 2.49. The Bertz CT molecular complexity index is 2740. The lowest BCUT2D eigenvalue weighted by atomic mass is 9.79. The summed E-state index contributed by atoms with van der Waals surface area (Å²) in [6, 6.07) is 15.6. The van der Waals surface area contributed by atoms with Gasteiger partial charge < -0.3 is 10.0 Å². The zero-order valence-corrected chi connectivity index (χ0v) is 36.7. The van der Waals surface area contributed by atoms with Crippen LogP contribution in [0.5, 0.6) is 0 Å². The molecule has 2 aliphatic heterocycles. The Morgan fingerprint density at radius 2 is 1.42 bits per heavy atom. The van der Waals surface area contributed by atoms with Crippen molar-refractivity contribution >= 4 is 59.0 Å². The van der Waals surface area contributed by atoms with Gasteiger partial charge in [-0.15, -0.1) is 0 Å². The number of rotatable bonds is 14. The van der Waals surface area contributed by atoms with Crippen molar-refractivity contribution in [1.82, 2.24) is 0 Å². The van der Waals surface area contributed by atoms with Gasteiger partial charge in [0.05, 0.1) is 26.5 Å². The minimum absolute atomic E-state index is 0.0732. The zero-order valence-electron chi connectivity index (χ0n) is 34.2. The van der Waals surface area contributed by atoms with E-state index in [4.69, 9.17) is 0 Å². The summed E-state index contributed by atoms with van der Waals surface area (Å²) in [7, 11) is -13.2. The third-order valence-corrected chi connectivity index (χ3v) is 14.2. The van der Waals surface area contributed by atoms with Crippen LogP contribution in [0.15, 0.2) is 112 Å². The molecule has 1 aliphatic carbocycles. The predicted molar refractivity (Wildman–Crippen MR) is 231 cm³/mol. The Morgan fingerprint density at radius 1 is 0.783 bits per heavy atom. The average molecular weight is 880 g/mol. The first-order valence-electron chi connectivity index (χ1n) is 19.7. The van der Waals surface area contributed by atoms with Crippen LogP contribution in [0.3, 0.4) is 0 Å². The van der Waals surface area contributed by atoms with Gasteiger partial charge in [-0.1, -0.05) is 51.5 Å². The number of hydrogen-bond acceptors (Lipinski definition) is 8. The average Bonchev–Trinajstić information content (AvgIpc) is 3.51. The van der Waals surface area contributed by atoms with Crippen LogP contribution in [0, 0.1) is 0 Å². The summed E-state index contributed by atoms with van der Waals surface area (Å²) < 4.78 is 103. The number of carbonyl (C=O) groups is 1. The molecule has 0 saturated heterocycles. The molecular weight excluding hydrogens is 829 g/mol. The molecule has 0 atom stereocenters. The van der Waals surface area contributed by atoms with E-state index in [0.717, 1.165) is 64.2 Å². The number of allylic oxidation sites excluding steroid dienone is 8. The van der Waals surface area contributed by atoms with Gasteiger partial charge in [-0.3, -0.25) is 13.7 Å². The van der Waals surface area contributed by atoms with E-state index in [1.165, 1.54) is 24.3 Å². The monoisotopic (exact) mass is 879 g/mol. The van der Waals surface area contributed by atoms with Crippen molar-refractivity contribution in [3.63, 3.8) is 0 Å². The summed E-state index contributed by atoms with van der Waals surface area (Å²) in [4.78, 5) is 13.6. The van der Waals surface area contributed by atoms with Crippen LogP contribution < -0.4 is 4.90 Å². The third-order valence-electron chi connectivity index (χ3n) is 11.7. The second kappa shape index (κ2) is 16.6. The molecule has 60 heavy (non-hydrogen) atoms. The molecule has 0 fully saturated rings. The maximum absolute atomic E-state index is 12.2. The summed E-state index contributed by atoms with van der Waals surface area (Å²) in [5.74, 6) is -1.54. The Balaban J connectivity index is 1.51. The first-order valence-corrected chi connectivity index (χ1v) is 24.2. The maximum atomic E-state index is 12.2. The molecule has 0 aromatic heterocycles. The molecular formula is C44H51N2O11S3+. The van der Waals surface area contributed by atoms with Crippen molar-refractivity contribution in [2.24, 2.45) is 0 Å². The Labute approximate surface area is 352 Å². The summed E-state index contributed by atoms with van der Waals surface area (Å²) in [6.07, 6.45) is 12.1. The molecule has 6 rings (SSSR count). The van der Waals surface area contributed by atoms with E-state index in [1.54, 1.807) is 36.4 Å². The van der Waals surface area contributed by atoms with E-state index in [0.29, 0.717) is 30.6 Å². The second-order valence-electron chi connectivity index (χ2n) is 16.5. The van der Waals surface area contributed by atoms with Crippen LogP contribution in [-0.4, -0.2) is 79.1 Å². The third kappa shape index (κ3) is 9.14. The van der Waals surface area contributed by atoms with E-state index < -0.39 is 52.9 Å². The minimum atomic E-state index is -4.53. The molecule has 3 aromatic rings. The Kier molecular flexibility index (Phi) is 12.4. The van der Waals surface area contributed by atoms with Gasteiger partial charge in [0.25, 0.3) is 30.4 Å². The van der Waals surface area contributed by atoms with Gasteiger partial charge >= 0.3 is 5.97 Å². The Morgan fingerprint density at radius 3 is 2.02 bits per heavy atom. The first-order chi connectivity index (χ1) is 27.9. The van der Waals surface area contributed by atoms with Crippen molar-refractivity contribution in [3.8, 4) is 0 Å². The van der Waals surface area contributed by atoms with Gasteiger partial charge in [0.2, 0.25) is 5.69 Å². The molecule has 0 bridgehead atoms. The second-order valence-corrected chi connectivity index (χ2v) is 20.9. The lowest BCUT2D eigenvalue weighted by molar-refractivity contribution is -0.437. The van der Waals surface area contributed by atoms with E-state index >= 15 is 0 Å². The van der Waals surface area contributed by atoms with Gasteiger partial charge in [-0.2, -0.15) is 29.8 Å². The van der Waals surface area contributed by atoms with E-state index in [9.17, 15) is 48.8 Å². The van der Waals surface area contributed by atoms with Gasteiger partial charge in [0.1, 0.15) is 6.54 Å². The highest BCUT2D eigenvalue weighted by atomic mass is 32.2. The van der Waals surface area contributed by atoms with Crippen molar-refractivity contribution in [3.05, 3.63) is 124 Å². The summed E-state index contributed by atoms with van der Waals surface area (Å²) in [5.41, 5.74) is 6.84. The van der Waals surface area contributed by atoms with Crippen LogP contribution >= 0.6 is 0 Å². The van der Waals surface area contributed by atoms with Crippen molar-refractivity contribution in [2.45, 2.75) is 93.8 Å². The molecule has 0 radical (unpaired) electrons. The summed E-state index contributed by atoms with van der Waals surface area (Å²) >= 11 is 0. The van der Waals surface area contributed by atoms with E-state index in [1.807, 2.05) is 44.4 Å². The minimum Gasteiger partial charge on any atom is -0.478 e.